The lowest BCUT2D eigenvalue weighted by molar-refractivity contribution is 0.189. The Bertz CT molecular complexity index is 453. The molecule has 0 unspecified atom stereocenters. The van der Waals surface area contributed by atoms with Crippen LogP contribution in [0.25, 0.3) is 0 Å². The van der Waals surface area contributed by atoms with E-state index < -0.39 is 0 Å². The van der Waals surface area contributed by atoms with E-state index in [2.05, 4.69) is 17.6 Å². The molecule has 0 spiro atoms. The number of carbonyl (C=O) groups is 1. The van der Waals surface area contributed by atoms with Crippen molar-refractivity contribution in [2.24, 2.45) is 0 Å². The normalized spacial score (nSPS) is 17.0. The highest BCUT2D eigenvalue weighted by atomic mass is 32.2. The molecule has 2 rings (SSSR count). The number of benzene rings is 1. The van der Waals surface area contributed by atoms with Gasteiger partial charge in [0.25, 0.3) is 0 Å². The summed E-state index contributed by atoms with van der Waals surface area (Å²) in [5.74, 6) is 2.02. The molecule has 1 aromatic carbocycles. The largest absolute Gasteiger partial charge is 0.491 e. The molecule has 0 fully saturated rings. The summed E-state index contributed by atoms with van der Waals surface area (Å²) in [5, 5.41) is 3.04. The Morgan fingerprint density at radius 3 is 3.10 bits per heavy atom. The maximum Gasteiger partial charge on any atom is 0.317 e. The monoisotopic (exact) mass is 294 g/mol. The number of amides is 2. The second-order valence-corrected chi connectivity index (χ2v) is 6.02. The molecule has 1 aromatic rings. The zero-order valence-electron chi connectivity index (χ0n) is 12.1. The summed E-state index contributed by atoms with van der Waals surface area (Å²) >= 11 is 1.80. The van der Waals surface area contributed by atoms with Crippen molar-refractivity contribution in [3.05, 3.63) is 29.8 Å². The predicted molar refractivity (Wildman–Crippen MR) is 83.6 cm³/mol. The van der Waals surface area contributed by atoms with Gasteiger partial charge in [-0.15, -0.1) is 0 Å². The average Bonchev–Trinajstić information content (AvgIpc) is 2.47. The van der Waals surface area contributed by atoms with Crippen LogP contribution >= 0.6 is 11.8 Å². The predicted octanol–water partition coefficient (Wildman–Crippen LogP) is 2.38. The van der Waals surface area contributed by atoms with E-state index in [0.29, 0.717) is 6.61 Å². The third-order valence-corrected chi connectivity index (χ3v) is 4.09. The summed E-state index contributed by atoms with van der Waals surface area (Å²) in [4.78, 5) is 13.8. The molecule has 2 amide bonds. The lowest BCUT2D eigenvalue weighted by atomic mass is 10.0. The number of rotatable bonds is 5. The number of fused-ring (bicyclic) bond motifs is 1. The summed E-state index contributed by atoms with van der Waals surface area (Å²) in [6.07, 6.45) is 3.94. The highest BCUT2D eigenvalue weighted by Gasteiger charge is 2.22. The van der Waals surface area contributed by atoms with Crippen LogP contribution in [-0.4, -0.2) is 49.2 Å². The average molecular weight is 294 g/mol. The second-order valence-electron chi connectivity index (χ2n) is 5.04. The SMILES string of the molecule is CSCCCN(C)C(=O)N[C@H]1COc2ccccc2C1. The molecule has 1 atom stereocenters. The number of nitrogens with zero attached hydrogens (tertiary/aromatic N) is 1. The van der Waals surface area contributed by atoms with E-state index in [4.69, 9.17) is 4.74 Å². The lowest BCUT2D eigenvalue weighted by Gasteiger charge is -2.28. The fraction of sp³-hybridized carbons (Fsp3) is 0.533. The number of carbonyl (C=O) groups excluding carboxylic acids is 1. The summed E-state index contributed by atoms with van der Waals surface area (Å²) < 4.78 is 5.68. The van der Waals surface area contributed by atoms with Crippen LogP contribution in [0, 0.1) is 0 Å². The van der Waals surface area contributed by atoms with Crippen molar-refractivity contribution in [2.75, 3.05) is 32.2 Å². The van der Waals surface area contributed by atoms with E-state index >= 15 is 0 Å². The van der Waals surface area contributed by atoms with E-state index in [1.54, 1.807) is 16.7 Å². The molecule has 0 radical (unpaired) electrons. The Hall–Kier alpha value is -1.36. The number of hydrogen-bond donors (Lipinski definition) is 1. The topological polar surface area (TPSA) is 41.6 Å². The first-order chi connectivity index (χ1) is 9.70. The summed E-state index contributed by atoms with van der Waals surface area (Å²) in [6, 6.07) is 8.04. The van der Waals surface area contributed by atoms with Gasteiger partial charge in [-0.25, -0.2) is 4.79 Å². The van der Waals surface area contributed by atoms with Gasteiger partial charge in [0.15, 0.2) is 0 Å². The summed E-state index contributed by atoms with van der Waals surface area (Å²) in [5.41, 5.74) is 1.16. The van der Waals surface area contributed by atoms with E-state index in [-0.39, 0.29) is 12.1 Å². The molecule has 0 aliphatic carbocycles. The van der Waals surface area contributed by atoms with Crippen molar-refractivity contribution in [3.63, 3.8) is 0 Å². The second kappa shape index (κ2) is 7.43. The Labute approximate surface area is 124 Å². The van der Waals surface area contributed by atoms with Crippen LogP contribution in [0.3, 0.4) is 0 Å². The minimum atomic E-state index is -0.0147. The highest BCUT2D eigenvalue weighted by Crippen LogP contribution is 2.23. The van der Waals surface area contributed by atoms with Crippen LogP contribution < -0.4 is 10.1 Å². The number of nitrogens with one attached hydrogen (secondary N) is 1. The van der Waals surface area contributed by atoms with Crippen LogP contribution in [0.2, 0.25) is 0 Å². The number of ether oxygens (including phenoxy) is 1. The van der Waals surface area contributed by atoms with Gasteiger partial charge in [-0.2, -0.15) is 11.8 Å². The van der Waals surface area contributed by atoms with Gasteiger partial charge in [0.2, 0.25) is 0 Å². The minimum Gasteiger partial charge on any atom is -0.491 e. The number of hydrogen-bond acceptors (Lipinski definition) is 3. The zero-order valence-corrected chi connectivity index (χ0v) is 12.9. The zero-order chi connectivity index (χ0) is 14.4. The van der Waals surface area contributed by atoms with E-state index in [0.717, 1.165) is 36.5 Å². The Kier molecular flexibility index (Phi) is 5.59. The van der Waals surface area contributed by atoms with Crippen molar-refractivity contribution >= 4 is 17.8 Å². The molecule has 4 nitrogen and oxygen atoms in total. The maximum atomic E-state index is 12.1. The Morgan fingerprint density at radius 2 is 2.30 bits per heavy atom. The fourth-order valence-corrected chi connectivity index (χ4v) is 2.67. The molecular weight excluding hydrogens is 272 g/mol. The minimum absolute atomic E-state index is 0.0147. The third kappa shape index (κ3) is 4.07. The van der Waals surface area contributed by atoms with Crippen molar-refractivity contribution in [1.82, 2.24) is 10.2 Å². The lowest BCUT2D eigenvalue weighted by Crippen LogP contribution is -2.48. The number of para-hydroxylation sites is 1. The molecule has 1 heterocycles. The van der Waals surface area contributed by atoms with Gasteiger partial charge in [-0.3, -0.25) is 0 Å². The van der Waals surface area contributed by atoms with Crippen molar-refractivity contribution in [2.45, 2.75) is 18.9 Å². The highest BCUT2D eigenvalue weighted by molar-refractivity contribution is 7.98. The quantitative estimate of drug-likeness (QED) is 0.848. The first-order valence-electron chi connectivity index (χ1n) is 6.92. The van der Waals surface area contributed by atoms with Gasteiger partial charge in [-0.1, -0.05) is 18.2 Å². The smallest absolute Gasteiger partial charge is 0.317 e. The molecule has 1 aliphatic heterocycles. The summed E-state index contributed by atoms with van der Waals surface area (Å²) in [7, 11) is 1.84. The van der Waals surface area contributed by atoms with Crippen molar-refractivity contribution in [3.8, 4) is 5.75 Å². The van der Waals surface area contributed by atoms with Crippen molar-refractivity contribution < 1.29 is 9.53 Å². The molecular formula is C15H22N2O2S. The van der Waals surface area contributed by atoms with E-state index in [1.807, 2.05) is 25.2 Å². The maximum absolute atomic E-state index is 12.1. The van der Waals surface area contributed by atoms with Gasteiger partial charge < -0.3 is 15.0 Å². The number of urea groups is 1. The van der Waals surface area contributed by atoms with E-state index in [1.165, 1.54) is 0 Å². The molecule has 0 saturated heterocycles. The van der Waals surface area contributed by atoms with Crippen LogP contribution in [0.15, 0.2) is 24.3 Å². The molecule has 20 heavy (non-hydrogen) atoms. The van der Waals surface area contributed by atoms with E-state index in [9.17, 15) is 4.79 Å². The van der Waals surface area contributed by atoms with Crippen LogP contribution in [-0.2, 0) is 6.42 Å². The summed E-state index contributed by atoms with van der Waals surface area (Å²) in [6.45, 7) is 1.33. The fourth-order valence-electron chi connectivity index (χ4n) is 2.25. The Morgan fingerprint density at radius 1 is 1.50 bits per heavy atom. The molecule has 0 bridgehead atoms. The van der Waals surface area contributed by atoms with Gasteiger partial charge in [-0.05, 0) is 36.5 Å². The van der Waals surface area contributed by atoms with Gasteiger partial charge in [0.05, 0.1) is 6.04 Å². The van der Waals surface area contributed by atoms with Gasteiger partial charge >= 0.3 is 6.03 Å². The Balaban J connectivity index is 1.81. The molecule has 0 aromatic heterocycles. The van der Waals surface area contributed by atoms with Crippen LogP contribution in [0.4, 0.5) is 4.79 Å². The van der Waals surface area contributed by atoms with Crippen molar-refractivity contribution in [1.29, 1.82) is 0 Å². The van der Waals surface area contributed by atoms with Crippen LogP contribution in [0.5, 0.6) is 5.75 Å². The van der Waals surface area contributed by atoms with Gasteiger partial charge in [0.1, 0.15) is 12.4 Å². The first-order valence-corrected chi connectivity index (χ1v) is 8.31. The van der Waals surface area contributed by atoms with Crippen LogP contribution in [0.1, 0.15) is 12.0 Å². The number of thioether (sulfide) groups is 1. The molecule has 1 aliphatic rings. The third-order valence-electron chi connectivity index (χ3n) is 3.40. The standard InChI is InChI=1S/C15H22N2O2S/c1-17(8-5-9-20-2)15(18)16-13-10-12-6-3-4-7-14(12)19-11-13/h3-4,6-7,13H,5,8-11H2,1-2H3,(H,16,18)/t13-/m1/s1. The molecule has 1 N–H and O–H groups in total. The molecule has 5 heteroatoms. The first kappa shape index (κ1) is 15.0. The molecule has 0 saturated carbocycles. The molecule has 110 valence electrons. The van der Waals surface area contributed by atoms with Gasteiger partial charge in [0, 0.05) is 13.6 Å².